The number of rotatable bonds is 6. The van der Waals surface area contributed by atoms with Crippen molar-refractivity contribution in [1.82, 2.24) is 4.98 Å². The molecule has 3 aromatic rings. The third-order valence-corrected chi connectivity index (χ3v) is 5.70. The molecule has 1 aliphatic carbocycles. The van der Waals surface area contributed by atoms with Crippen LogP contribution in [0.25, 0.3) is 11.1 Å². The Morgan fingerprint density at radius 1 is 1.06 bits per heavy atom. The average molecular weight is 471 g/mol. The number of carboxylic acid groups (broad SMARTS) is 1. The Hall–Kier alpha value is -3.68. The Kier molecular flexibility index (Phi) is 6.41. The molecule has 1 aliphatic rings. The molecule has 0 aliphatic heterocycles. The predicted molar refractivity (Wildman–Crippen MR) is 119 cm³/mol. The Morgan fingerprint density at radius 3 is 2.50 bits per heavy atom. The van der Waals surface area contributed by atoms with E-state index in [-0.39, 0.29) is 12.3 Å². The highest BCUT2D eigenvalue weighted by Crippen LogP contribution is 2.44. The van der Waals surface area contributed by atoms with Crippen LogP contribution in [0.15, 0.2) is 54.6 Å². The molecule has 4 rings (SSSR count). The first-order valence-corrected chi connectivity index (χ1v) is 10.7. The normalized spacial score (nSPS) is 13.9. The number of halogens is 4. The number of allylic oxidation sites excluding steroid dienone is 2. The number of pyridine rings is 1. The SMILES string of the molecule is Cc1ccc(OCc2ccccc2F)c(C2=C(c3cc(C(F)(F)F)cc(C(=O)O)n3)CCC2)c1. The number of carboxylic acids is 1. The highest BCUT2D eigenvalue weighted by atomic mass is 19.4. The standard InChI is InChI=1S/C26H21F4NO3/c1-15-9-10-24(34-14-16-5-2-3-8-21(16)27)20(11-15)18-6-4-7-19(18)22-12-17(26(28,29)30)13-23(31-22)25(32)33/h2-3,5,8-13H,4,6-7,14H2,1H3,(H,32,33). The van der Waals surface area contributed by atoms with Gasteiger partial charge in [-0.1, -0.05) is 29.8 Å². The van der Waals surface area contributed by atoms with E-state index in [2.05, 4.69) is 4.98 Å². The van der Waals surface area contributed by atoms with Gasteiger partial charge in [0.25, 0.3) is 0 Å². The van der Waals surface area contributed by atoms with Gasteiger partial charge in [-0.2, -0.15) is 13.2 Å². The Morgan fingerprint density at radius 2 is 1.79 bits per heavy atom. The topological polar surface area (TPSA) is 59.4 Å². The molecule has 1 heterocycles. The van der Waals surface area contributed by atoms with Crippen molar-refractivity contribution in [2.75, 3.05) is 0 Å². The number of carbonyl (C=O) groups is 1. The summed E-state index contributed by atoms with van der Waals surface area (Å²) in [5.74, 6) is -1.46. The maximum atomic E-state index is 14.0. The van der Waals surface area contributed by atoms with Crippen molar-refractivity contribution in [1.29, 1.82) is 0 Å². The minimum absolute atomic E-state index is 0.0127. The molecule has 0 fully saturated rings. The van der Waals surface area contributed by atoms with E-state index >= 15 is 0 Å². The summed E-state index contributed by atoms with van der Waals surface area (Å²) in [6, 6.07) is 13.1. The van der Waals surface area contributed by atoms with Gasteiger partial charge in [-0.25, -0.2) is 14.2 Å². The highest BCUT2D eigenvalue weighted by Gasteiger charge is 2.33. The molecule has 34 heavy (non-hydrogen) atoms. The number of hydrogen-bond donors (Lipinski definition) is 1. The minimum Gasteiger partial charge on any atom is -0.488 e. The van der Waals surface area contributed by atoms with E-state index in [9.17, 15) is 27.5 Å². The molecule has 176 valence electrons. The molecule has 0 saturated carbocycles. The van der Waals surface area contributed by atoms with Gasteiger partial charge in [0.1, 0.15) is 23.9 Å². The van der Waals surface area contributed by atoms with Gasteiger partial charge < -0.3 is 9.84 Å². The lowest BCUT2D eigenvalue weighted by molar-refractivity contribution is -0.137. The molecular formula is C26H21F4NO3. The molecule has 0 saturated heterocycles. The van der Waals surface area contributed by atoms with Crippen LogP contribution in [-0.2, 0) is 12.8 Å². The van der Waals surface area contributed by atoms with E-state index in [4.69, 9.17) is 4.74 Å². The van der Waals surface area contributed by atoms with Crippen LogP contribution in [0.5, 0.6) is 5.75 Å². The summed E-state index contributed by atoms with van der Waals surface area (Å²) >= 11 is 0. The van der Waals surface area contributed by atoms with Crippen molar-refractivity contribution in [2.24, 2.45) is 0 Å². The van der Waals surface area contributed by atoms with E-state index < -0.39 is 29.2 Å². The van der Waals surface area contributed by atoms with E-state index in [1.54, 1.807) is 24.3 Å². The third kappa shape index (κ3) is 4.95. The number of hydrogen-bond acceptors (Lipinski definition) is 3. The summed E-state index contributed by atoms with van der Waals surface area (Å²) in [4.78, 5) is 15.5. The second kappa shape index (κ2) is 9.29. The van der Waals surface area contributed by atoms with E-state index in [0.717, 1.165) is 17.2 Å². The fraction of sp³-hybridized carbons (Fsp3) is 0.231. The van der Waals surface area contributed by atoms with Crippen molar-refractivity contribution < 1.29 is 32.2 Å². The van der Waals surface area contributed by atoms with Crippen molar-refractivity contribution in [3.05, 3.63) is 94.1 Å². The first kappa shape index (κ1) is 23.5. The molecule has 1 aromatic heterocycles. The van der Waals surface area contributed by atoms with Crippen LogP contribution in [0.2, 0.25) is 0 Å². The summed E-state index contributed by atoms with van der Waals surface area (Å²) in [5, 5.41) is 9.31. The molecule has 0 spiro atoms. The van der Waals surface area contributed by atoms with Crippen molar-refractivity contribution in [2.45, 2.75) is 39.0 Å². The van der Waals surface area contributed by atoms with Gasteiger partial charge in [-0.05, 0) is 67.7 Å². The number of aromatic carboxylic acids is 1. The van der Waals surface area contributed by atoms with Crippen LogP contribution in [0.4, 0.5) is 17.6 Å². The number of nitrogens with zero attached hydrogens (tertiary/aromatic N) is 1. The molecule has 0 atom stereocenters. The predicted octanol–water partition coefficient (Wildman–Crippen LogP) is 6.92. The van der Waals surface area contributed by atoms with Crippen LogP contribution in [0.1, 0.15) is 57.7 Å². The lowest BCUT2D eigenvalue weighted by Gasteiger charge is -2.16. The molecule has 0 amide bonds. The fourth-order valence-electron chi connectivity index (χ4n) is 4.06. The summed E-state index contributed by atoms with van der Waals surface area (Å²) in [6.07, 6.45) is -3.02. The number of ether oxygens (including phenoxy) is 1. The van der Waals surface area contributed by atoms with Crippen LogP contribution < -0.4 is 4.74 Å². The number of benzene rings is 2. The minimum atomic E-state index is -4.71. The van der Waals surface area contributed by atoms with Crippen LogP contribution in [0.3, 0.4) is 0 Å². The van der Waals surface area contributed by atoms with Crippen molar-refractivity contribution >= 4 is 17.1 Å². The molecule has 0 unspecified atom stereocenters. The number of alkyl halides is 3. The summed E-state index contributed by atoms with van der Waals surface area (Å²) in [5.41, 5.74) is 1.53. The molecular weight excluding hydrogens is 450 g/mol. The van der Waals surface area contributed by atoms with Gasteiger partial charge in [-0.3, -0.25) is 0 Å². The highest BCUT2D eigenvalue weighted by molar-refractivity contribution is 5.94. The summed E-state index contributed by atoms with van der Waals surface area (Å²) in [6.45, 7) is 1.86. The van der Waals surface area contributed by atoms with Crippen LogP contribution >= 0.6 is 0 Å². The molecule has 2 aromatic carbocycles. The first-order valence-electron chi connectivity index (χ1n) is 10.7. The average Bonchev–Trinajstić information content (AvgIpc) is 3.28. The van der Waals surface area contributed by atoms with Gasteiger partial charge >= 0.3 is 12.1 Å². The maximum Gasteiger partial charge on any atom is 0.416 e. The van der Waals surface area contributed by atoms with Gasteiger partial charge in [0, 0.05) is 11.1 Å². The lowest BCUT2D eigenvalue weighted by atomic mass is 9.96. The fourth-order valence-corrected chi connectivity index (χ4v) is 4.06. The van der Waals surface area contributed by atoms with Crippen LogP contribution in [-0.4, -0.2) is 16.1 Å². The van der Waals surface area contributed by atoms with Crippen LogP contribution in [0, 0.1) is 12.7 Å². The Bertz CT molecular complexity index is 1280. The van der Waals surface area contributed by atoms with Gasteiger partial charge in [-0.15, -0.1) is 0 Å². The summed E-state index contributed by atoms with van der Waals surface area (Å²) in [7, 11) is 0. The van der Waals surface area contributed by atoms with Gasteiger partial charge in [0.2, 0.25) is 0 Å². The molecule has 0 bridgehead atoms. The zero-order valence-electron chi connectivity index (χ0n) is 18.2. The zero-order valence-corrected chi connectivity index (χ0v) is 18.2. The monoisotopic (exact) mass is 471 g/mol. The largest absolute Gasteiger partial charge is 0.488 e. The summed E-state index contributed by atoms with van der Waals surface area (Å²) < 4.78 is 60.3. The number of aryl methyl sites for hydroxylation is 1. The maximum absolute atomic E-state index is 14.0. The molecule has 8 heteroatoms. The van der Waals surface area contributed by atoms with E-state index in [0.29, 0.717) is 47.8 Å². The Balaban J connectivity index is 1.79. The van der Waals surface area contributed by atoms with Gasteiger partial charge in [0.05, 0.1) is 11.3 Å². The second-order valence-electron chi connectivity index (χ2n) is 8.12. The van der Waals surface area contributed by atoms with Crippen molar-refractivity contribution in [3.63, 3.8) is 0 Å². The van der Waals surface area contributed by atoms with Crippen molar-refractivity contribution in [3.8, 4) is 5.75 Å². The molecule has 4 nitrogen and oxygen atoms in total. The number of aromatic nitrogens is 1. The Labute approximate surface area is 193 Å². The lowest BCUT2D eigenvalue weighted by Crippen LogP contribution is -2.11. The van der Waals surface area contributed by atoms with E-state index in [1.165, 1.54) is 6.07 Å². The zero-order chi connectivity index (χ0) is 24.5. The first-order chi connectivity index (χ1) is 16.1. The van der Waals surface area contributed by atoms with E-state index in [1.807, 2.05) is 19.1 Å². The molecule has 0 radical (unpaired) electrons. The van der Waals surface area contributed by atoms with Gasteiger partial charge in [0.15, 0.2) is 0 Å². The second-order valence-corrected chi connectivity index (χ2v) is 8.12. The quantitative estimate of drug-likeness (QED) is 0.397. The smallest absolute Gasteiger partial charge is 0.416 e. The molecule has 1 N–H and O–H groups in total. The third-order valence-electron chi connectivity index (χ3n) is 5.70.